The molecule has 0 unspecified atom stereocenters. The van der Waals surface area contributed by atoms with Gasteiger partial charge in [0.2, 0.25) is 0 Å². The average molecular weight is 532 g/mol. The third kappa shape index (κ3) is 4.12. The largest absolute Gasteiger partial charge is 0.462 e. The molecule has 0 saturated carbocycles. The maximum Gasteiger partial charge on any atom is 0.352 e. The Morgan fingerprint density at radius 3 is 2.61 bits per heavy atom. The average Bonchev–Trinajstić information content (AvgIpc) is 3.59. The summed E-state index contributed by atoms with van der Waals surface area (Å²) in [5.41, 5.74) is 2.07. The van der Waals surface area contributed by atoms with E-state index in [1.807, 2.05) is 19.9 Å². The lowest BCUT2D eigenvalue weighted by atomic mass is 10.2. The van der Waals surface area contributed by atoms with Crippen molar-refractivity contribution in [2.45, 2.75) is 33.6 Å². The number of hydrogen-bond donors (Lipinski definition) is 1. The molecular weight excluding hydrogens is 510 g/mol. The van der Waals surface area contributed by atoms with Crippen molar-refractivity contribution >= 4 is 62.6 Å². The molecule has 13 nitrogen and oxygen atoms in total. The number of rotatable bonds is 7. The molecule has 0 radical (unpaired) electrons. The highest BCUT2D eigenvalue weighted by atomic mass is 32.1. The summed E-state index contributed by atoms with van der Waals surface area (Å²) >= 11 is 0.987. The van der Waals surface area contributed by atoms with Gasteiger partial charge in [0.25, 0.3) is 0 Å². The Hall–Kier alpha value is -4.77. The predicted octanol–water partition coefficient (Wildman–Crippen LogP) is 4.98. The number of carbonyl (C=O) groups is 2. The van der Waals surface area contributed by atoms with E-state index in [-0.39, 0.29) is 46.6 Å². The fraction of sp³-hybridized carbons (Fsp3) is 0.292. The molecule has 0 bridgehead atoms. The Bertz CT molecular complexity index is 1790. The summed E-state index contributed by atoms with van der Waals surface area (Å²) in [7, 11) is 0. The summed E-state index contributed by atoms with van der Waals surface area (Å²) in [5.74, 6) is -0.428. The van der Waals surface area contributed by atoms with Crippen LogP contribution in [0.5, 0.6) is 0 Å². The lowest BCUT2D eigenvalue weighted by molar-refractivity contribution is 0.0521. The maximum absolute atomic E-state index is 12.7. The third-order valence-corrected chi connectivity index (χ3v) is 6.41. The van der Waals surface area contributed by atoms with Crippen LogP contribution in [0, 0.1) is 11.3 Å². The minimum absolute atomic E-state index is 0.00566. The Morgan fingerprint density at radius 1 is 1.13 bits per heavy atom. The molecule has 0 aliphatic carbocycles. The van der Waals surface area contributed by atoms with Gasteiger partial charge in [-0.2, -0.15) is 9.64 Å². The Morgan fingerprint density at radius 2 is 1.89 bits per heavy atom. The Labute approximate surface area is 219 Å². The number of H-pyrrole nitrogens is 1. The molecule has 38 heavy (non-hydrogen) atoms. The highest BCUT2D eigenvalue weighted by molar-refractivity contribution is 7.09. The second kappa shape index (κ2) is 9.94. The van der Waals surface area contributed by atoms with E-state index < -0.39 is 11.9 Å². The number of hydrogen-bond acceptors (Lipinski definition) is 12. The fourth-order valence-electron chi connectivity index (χ4n) is 3.83. The number of benzene rings is 1. The molecular formula is C24H21N9O4S. The molecule has 0 atom stereocenters. The first-order valence-corrected chi connectivity index (χ1v) is 12.5. The molecule has 0 amide bonds. The van der Waals surface area contributed by atoms with Gasteiger partial charge in [-0.25, -0.2) is 19.1 Å². The minimum Gasteiger partial charge on any atom is -0.462 e. The molecule has 0 aliphatic heterocycles. The first-order valence-electron chi connectivity index (χ1n) is 11.7. The molecule has 1 N–H and O–H groups in total. The highest BCUT2D eigenvalue weighted by Gasteiger charge is 2.28. The lowest BCUT2D eigenvalue weighted by Gasteiger charge is -2.01. The quantitative estimate of drug-likeness (QED) is 0.224. The molecule has 0 saturated heterocycles. The van der Waals surface area contributed by atoms with Gasteiger partial charge in [-0.15, -0.1) is 20.4 Å². The normalized spacial score (nSPS) is 11.7. The van der Waals surface area contributed by atoms with Crippen LogP contribution in [0.1, 0.15) is 65.0 Å². The van der Waals surface area contributed by atoms with E-state index in [1.165, 1.54) is 4.52 Å². The van der Waals surface area contributed by atoms with Crippen LogP contribution in [0.3, 0.4) is 0 Å². The SMILES string of the molecule is CCOC(=O)c1snc2c1nnc1ccc(N=Nc3c(C#N)c(C(=O)OCC)c4nc(C(C)C)[nH]n34)cc12. The van der Waals surface area contributed by atoms with Gasteiger partial charge in [-0.05, 0) is 43.6 Å². The number of aromatic amines is 1. The topological polar surface area (TPSA) is 173 Å². The van der Waals surface area contributed by atoms with Crippen LogP contribution in [0.15, 0.2) is 28.4 Å². The molecule has 5 rings (SSSR count). The molecule has 1 aromatic carbocycles. The highest BCUT2D eigenvalue weighted by Crippen LogP contribution is 2.33. The minimum atomic E-state index is -0.669. The molecule has 4 heterocycles. The van der Waals surface area contributed by atoms with Crippen LogP contribution in [-0.2, 0) is 9.47 Å². The molecule has 192 valence electrons. The lowest BCUT2D eigenvalue weighted by Crippen LogP contribution is -2.06. The van der Waals surface area contributed by atoms with E-state index in [0.717, 1.165) is 11.5 Å². The van der Waals surface area contributed by atoms with Crippen molar-refractivity contribution in [1.29, 1.82) is 5.26 Å². The first kappa shape index (κ1) is 24.9. The fourth-order valence-corrected chi connectivity index (χ4v) is 4.55. The number of nitrogens with one attached hydrogen (secondary N) is 1. The molecule has 0 aliphatic rings. The zero-order valence-electron chi connectivity index (χ0n) is 20.8. The van der Waals surface area contributed by atoms with Crippen molar-refractivity contribution in [1.82, 2.24) is 29.2 Å². The number of azo groups is 1. The zero-order chi connectivity index (χ0) is 27.0. The van der Waals surface area contributed by atoms with Crippen molar-refractivity contribution in [2.24, 2.45) is 10.2 Å². The van der Waals surface area contributed by atoms with Crippen molar-refractivity contribution in [2.75, 3.05) is 13.2 Å². The summed E-state index contributed by atoms with van der Waals surface area (Å²) in [6, 6.07) is 7.13. The number of ether oxygens (including phenoxy) is 2. The van der Waals surface area contributed by atoms with Crippen LogP contribution < -0.4 is 0 Å². The number of carbonyl (C=O) groups excluding carboxylic acids is 2. The predicted molar refractivity (Wildman–Crippen MR) is 137 cm³/mol. The second-order valence-corrected chi connectivity index (χ2v) is 9.13. The van der Waals surface area contributed by atoms with Crippen LogP contribution in [-0.4, -0.2) is 54.3 Å². The standard InChI is InChI=1S/C24H21N9O4S/c1-5-36-23(34)16-14(10-25)21(33-22(16)26-20(31-33)11(3)4)30-27-12-7-8-15-13(9-12)17-18(29-28-15)19(38-32-17)24(35)37-6-2/h7-9,11H,5-6H2,1-4H3,(H,26,31). The summed E-state index contributed by atoms with van der Waals surface area (Å²) in [5, 5.41) is 30.6. The number of aromatic nitrogens is 6. The van der Waals surface area contributed by atoms with Gasteiger partial charge in [0.1, 0.15) is 34.1 Å². The van der Waals surface area contributed by atoms with E-state index in [2.05, 4.69) is 34.9 Å². The van der Waals surface area contributed by atoms with E-state index in [0.29, 0.717) is 33.4 Å². The molecule has 0 spiro atoms. The number of nitrogens with zero attached hydrogens (tertiary/aromatic N) is 8. The van der Waals surface area contributed by atoms with Crippen LogP contribution in [0.2, 0.25) is 0 Å². The van der Waals surface area contributed by atoms with Crippen molar-refractivity contribution in [3.05, 3.63) is 40.0 Å². The third-order valence-electron chi connectivity index (χ3n) is 5.59. The second-order valence-electron chi connectivity index (χ2n) is 8.36. The van der Waals surface area contributed by atoms with Gasteiger partial charge in [0, 0.05) is 11.3 Å². The first-order chi connectivity index (χ1) is 18.4. The van der Waals surface area contributed by atoms with Gasteiger partial charge in [0.05, 0.1) is 24.4 Å². The van der Waals surface area contributed by atoms with Gasteiger partial charge in [0.15, 0.2) is 16.3 Å². The number of fused-ring (bicyclic) bond motifs is 4. The van der Waals surface area contributed by atoms with Gasteiger partial charge in [-0.1, -0.05) is 13.8 Å². The summed E-state index contributed by atoms with van der Waals surface area (Å²) in [6.45, 7) is 7.66. The summed E-state index contributed by atoms with van der Waals surface area (Å²) < 4.78 is 16.1. The molecule has 4 aromatic heterocycles. The Kier molecular flexibility index (Phi) is 6.52. The van der Waals surface area contributed by atoms with Crippen LogP contribution >= 0.6 is 11.5 Å². The van der Waals surface area contributed by atoms with Gasteiger partial charge < -0.3 is 9.47 Å². The maximum atomic E-state index is 12.7. The summed E-state index contributed by atoms with van der Waals surface area (Å²) in [6.07, 6.45) is 0. The zero-order valence-corrected chi connectivity index (χ0v) is 21.7. The number of esters is 2. The molecule has 0 fully saturated rings. The Balaban J connectivity index is 1.62. The smallest absolute Gasteiger partial charge is 0.352 e. The van der Waals surface area contributed by atoms with E-state index >= 15 is 0 Å². The summed E-state index contributed by atoms with van der Waals surface area (Å²) in [4.78, 5) is 29.7. The molecule has 14 heteroatoms. The van der Waals surface area contributed by atoms with E-state index in [9.17, 15) is 14.9 Å². The van der Waals surface area contributed by atoms with Crippen molar-refractivity contribution in [3.63, 3.8) is 0 Å². The van der Waals surface area contributed by atoms with Crippen molar-refractivity contribution < 1.29 is 19.1 Å². The van der Waals surface area contributed by atoms with Gasteiger partial charge in [-0.3, -0.25) is 5.10 Å². The monoisotopic (exact) mass is 531 g/mol. The molecule has 5 aromatic rings. The number of nitriles is 1. The van der Waals surface area contributed by atoms with Crippen molar-refractivity contribution in [3.8, 4) is 6.07 Å². The van der Waals surface area contributed by atoms with E-state index in [4.69, 9.17) is 9.47 Å². The van der Waals surface area contributed by atoms with E-state index in [1.54, 1.807) is 32.0 Å². The van der Waals surface area contributed by atoms with Crippen LogP contribution in [0.4, 0.5) is 11.5 Å². The van der Waals surface area contributed by atoms with Gasteiger partial charge >= 0.3 is 11.9 Å². The van der Waals surface area contributed by atoms with Crippen LogP contribution in [0.25, 0.3) is 27.6 Å².